The summed E-state index contributed by atoms with van der Waals surface area (Å²) in [7, 11) is 0. The van der Waals surface area contributed by atoms with Gasteiger partial charge in [0, 0.05) is 18.4 Å². The summed E-state index contributed by atoms with van der Waals surface area (Å²) in [6.07, 6.45) is 2.42. The van der Waals surface area contributed by atoms with Crippen LogP contribution in [0.15, 0.2) is 28.8 Å². The molecule has 0 aliphatic heterocycles. The second-order valence-electron chi connectivity index (χ2n) is 6.89. The summed E-state index contributed by atoms with van der Waals surface area (Å²) in [6, 6.07) is 7.11. The van der Waals surface area contributed by atoms with E-state index in [9.17, 15) is 9.59 Å². The van der Waals surface area contributed by atoms with E-state index in [1.54, 1.807) is 0 Å². The number of carbonyl (C=O) groups is 2. The molecule has 0 aliphatic rings. The molecule has 0 spiro atoms. The molecule has 0 radical (unpaired) electrons. The van der Waals surface area contributed by atoms with Crippen molar-refractivity contribution in [1.29, 1.82) is 0 Å². The zero-order valence-electron chi connectivity index (χ0n) is 16.1. The number of benzene rings is 1. The largest absolute Gasteiger partial charge is 0.480 e. The summed E-state index contributed by atoms with van der Waals surface area (Å²) >= 11 is 0. The Kier molecular flexibility index (Phi) is 7.52. The minimum Gasteiger partial charge on any atom is -0.480 e. The van der Waals surface area contributed by atoms with E-state index in [4.69, 9.17) is 9.63 Å². The maximum Gasteiger partial charge on any atom is 0.326 e. The van der Waals surface area contributed by atoms with E-state index in [-0.39, 0.29) is 18.7 Å². The molecule has 0 saturated carbocycles. The van der Waals surface area contributed by atoms with Crippen LogP contribution in [0.1, 0.15) is 63.8 Å². The van der Waals surface area contributed by atoms with Gasteiger partial charge in [0.15, 0.2) is 0 Å². The fourth-order valence-corrected chi connectivity index (χ4v) is 2.64. The SMILES string of the molecule is CCCC[C@H](NC(=O)CCc1nc(-c2ccc(C(C)C)cc2)no1)C(=O)O. The molecule has 2 rings (SSSR count). The van der Waals surface area contributed by atoms with E-state index >= 15 is 0 Å². The van der Waals surface area contributed by atoms with Crippen molar-refractivity contribution in [3.05, 3.63) is 35.7 Å². The van der Waals surface area contributed by atoms with Gasteiger partial charge in [-0.2, -0.15) is 4.98 Å². The van der Waals surface area contributed by atoms with Gasteiger partial charge in [-0.1, -0.05) is 63.0 Å². The lowest BCUT2D eigenvalue weighted by Gasteiger charge is -2.13. The molecule has 1 heterocycles. The first-order valence-corrected chi connectivity index (χ1v) is 9.35. The van der Waals surface area contributed by atoms with Gasteiger partial charge >= 0.3 is 5.97 Å². The van der Waals surface area contributed by atoms with Crippen LogP contribution in [0.5, 0.6) is 0 Å². The Morgan fingerprint density at radius 1 is 1.22 bits per heavy atom. The predicted molar refractivity (Wildman–Crippen MR) is 101 cm³/mol. The smallest absolute Gasteiger partial charge is 0.326 e. The lowest BCUT2D eigenvalue weighted by molar-refractivity contribution is -0.142. The van der Waals surface area contributed by atoms with Crippen molar-refractivity contribution in [3.8, 4) is 11.4 Å². The Morgan fingerprint density at radius 3 is 2.52 bits per heavy atom. The highest BCUT2D eigenvalue weighted by molar-refractivity contribution is 5.83. The lowest BCUT2D eigenvalue weighted by Crippen LogP contribution is -2.40. The van der Waals surface area contributed by atoms with Crippen molar-refractivity contribution < 1.29 is 19.2 Å². The summed E-state index contributed by atoms with van der Waals surface area (Å²) in [5.41, 5.74) is 2.08. The molecule has 0 fully saturated rings. The zero-order valence-corrected chi connectivity index (χ0v) is 16.1. The summed E-state index contributed by atoms with van der Waals surface area (Å²) in [5.74, 6) is -0.0628. The summed E-state index contributed by atoms with van der Waals surface area (Å²) in [5, 5.41) is 15.7. The van der Waals surface area contributed by atoms with E-state index in [2.05, 4.69) is 29.3 Å². The number of carbonyl (C=O) groups excluding carboxylic acids is 1. The standard InChI is InChI=1S/C20H27N3O4/c1-4-5-6-16(20(25)26)21-17(24)11-12-18-22-19(23-27-18)15-9-7-14(8-10-15)13(2)3/h7-10,13,16H,4-6,11-12H2,1-3H3,(H,21,24)(H,25,26)/t16-/m0/s1. The quantitative estimate of drug-likeness (QED) is 0.660. The number of hydrogen-bond acceptors (Lipinski definition) is 5. The molecule has 7 nitrogen and oxygen atoms in total. The predicted octanol–water partition coefficient (Wildman–Crippen LogP) is 3.55. The summed E-state index contributed by atoms with van der Waals surface area (Å²) in [4.78, 5) is 27.5. The molecule has 1 atom stereocenters. The number of carboxylic acid groups (broad SMARTS) is 1. The van der Waals surface area contributed by atoms with Crippen LogP contribution in [0, 0.1) is 0 Å². The van der Waals surface area contributed by atoms with Crippen LogP contribution in [0.3, 0.4) is 0 Å². The number of unbranched alkanes of at least 4 members (excludes halogenated alkanes) is 1. The van der Waals surface area contributed by atoms with Gasteiger partial charge < -0.3 is 14.9 Å². The highest BCUT2D eigenvalue weighted by atomic mass is 16.5. The summed E-state index contributed by atoms with van der Waals surface area (Å²) in [6.45, 7) is 6.23. The first-order valence-electron chi connectivity index (χ1n) is 9.35. The van der Waals surface area contributed by atoms with Crippen LogP contribution in [0.25, 0.3) is 11.4 Å². The number of aromatic nitrogens is 2. The molecular formula is C20H27N3O4. The molecule has 2 N–H and O–H groups in total. The zero-order chi connectivity index (χ0) is 19.8. The molecule has 2 aromatic rings. The third-order valence-electron chi connectivity index (χ3n) is 4.35. The Labute approximate surface area is 159 Å². The molecule has 7 heteroatoms. The molecule has 1 amide bonds. The van der Waals surface area contributed by atoms with Crippen molar-refractivity contribution in [1.82, 2.24) is 15.5 Å². The van der Waals surface area contributed by atoms with Gasteiger partial charge in [-0.05, 0) is 17.9 Å². The van der Waals surface area contributed by atoms with Gasteiger partial charge in [0.1, 0.15) is 6.04 Å². The number of hydrogen-bond donors (Lipinski definition) is 2. The van der Waals surface area contributed by atoms with Gasteiger partial charge in [0.25, 0.3) is 0 Å². The topological polar surface area (TPSA) is 105 Å². The number of rotatable bonds is 10. The molecule has 0 unspecified atom stereocenters. The second-order valence-corrected chi connectivity index (χ2v) is 6.89. The third-order valence-corrected chi connectivity index (χ3v) is 4.35. The number of nitrogens with one attached hydrogen (secondary N) is 1. The van der Waals surface area contributed by atoms with Crippen molar-refractivity contribution in [3.63, 3.8) is 0 Å². The normalized spacial score (nSPS) is 12.1. The number of aliphatic carboxylic acids is 1. The van der Waals surface area contributed by atoms with Crippen molar-refractivity contribution >= 4 is 11.9 Å². The van der Waals surface area contributed by atoms with Crippen LogP contribution >= 0.6 is 0 Å². The van der Waals surface area contributed by atoms with Gasteiger partial charge in [-0.3, -0.25) is 4.79 Å². The second kappa shape index (κ2) is 9.85. The van der Waals surface area contributed by atoms with Gasteiger partial charge in [-0.25, -0.2) is 4.79 Å². The van der Waals surface area contributed by atoms with Crippen LogP contribution in [0.4, 0.5) is 0 Å². The Balaban J connectivity index is 1.89. The van der Waals surface area contributed by atoms with E-state index < -0.39 is 12.0 Å². The van der Waals surface area contributed by atoms with Crippen molar-refractivity contribution in [2.75, 3.05) is 0 Å². The maximum absolute atomic E-state index is 12.0. The molecule has 0 bridgehead atoms. The fraction of sp³-hybridized carbons (Fsp3) is 0.500. The average molecular weight is 373 g/mol. The minimum atomic E-state index is -1.01. The average Bonchev–Trinajstić information content (AvgIpc) is 3.12. The third kappa shape index (κ3) is 6.20. The lowest BCUT2D eigenvalue weighted by atomic mass is 10.0. The molecule has 146 valence electrons. The molecule has 1 aromatic carbocycles. The van der Waals surface area contributed by atoms with Crippen LogP contribution < -0.4 is 5.32 Å². The van der Waals surface area contributed by atoms with E-state index in [1.807, 2.05) is 31.2 Å². The van der Waals surface area contributed by atoms with E-state index in [0.717, 1.165) is 18.4 Å². The van der Waals surface area contributed by atoms with Crippen molar-refractivity contribution in [2.24, 2.45) is 0 Å². The van der Waals surface area contributed by atoms with E-state index in [1.165, 1.54) is 5.56 Å². The highest BCUT2D eigenvalue weighted by Gasteiger charge is 2.19. The number of aryl methyl sites for hydroxylation is 1. The van der Waals surface area contributed by atoms with Crippen molar-refractivity contribution in [2.45, 2.75) is 64.8 Å². The van der Waals surface area contributed by atoms with Crippen LogP contribution in [0.2, 0.25) is 0 Å². The van der Waals surface area contributed by atoms with Gasteiger partial charge in [0.05, 0.1) is 0 Å². The minimum absolute atomic E-state index is 0.101. The van der Waals surface area contributed by atoms with Crippen LogP contribution in [-0.4, -0.2) is 33.2 Å². The first kappa shape index (κ1) is 20.6. The number of amides is 1. The number of nitrogens with zero attached hydrogens (tertiary/aromatic N) is 2. The van der Waals surface area contributed by atoms with Crippen LogP contribution in [-0.2, 0) is 16.0 Å². The Bertz CT molecular complexity index is 753. The first-order chi connectivity index (χ1) is 12.9. The molecular weight excluding hydrogens is 346 g/mol. The van der Waals surface area contributed by atoms with Gasteiger partial charge in [0.2, 0.25) is 17.6 Å². The monoisotopic (exact) mass is 373 g/mol. The molecule has 0 aliphatic carbocycles. The highest BCUT2D eigenvalue weighted by Crippen LogP contribution is 2.20. The molecule has 27 heavy (non-hydrogen) atoms. The molecule has 1 aromatic heterocycles. The van der Waals surface area contributed by atoms with E-state index in [0.29, 0.717) is 24.1 Å². The Hall–Kier alpha value is -2.70. The Morgan fingerprint density at radius 2 is 1.93 bits per heavy atom. The van der Waals surface area contributed by atoms with Gasteiger partial charge in [-0.15, -0.1) is 0 Å². The maximum atomic E-state index is 12.0. The summed E-state index contributed by atoms with van der Waals surface area (Å²) < 4.78 is 5.21. The number of carboxylic acids is 1. The molecule has 0 saturated heterocycles. The fourth-order valence-electron chi connectivity index (χ4n) is 2.64.